The lowest BCUT2D eigenvalue weighted by Crippen LogP contribution is -2.36. The van der Waals surface area contributed by atoms with E-state index in [0.717, 1.165) is 24.8 Å². The van der Waals surface area contributed by atoms with Crippen molar-refractivity contribution in [2.24, 2.45) is 0 Å². The van der Waals surface area contributed by atoms with Gasteiger partial charge < -0.3 is 5.32 Å². The predicted molar refractivity (Wildman–Crippen MR) is 81.0 cm³/mol. The van der Waals surface area contributed by atoms with Gasteiger partial charge in [0, 0.05) is 12.6 Å². The van der Waals surface area contributed by atoms with E-state index < -0.39 is 10.1 Å². The fourth-order valence-corrected chi connectivity index (χ4v) is 2.78. The van der Waals surface area contributed by atoms with Crippen molar-refractivity contribution in [2.45, 2.75) is 64.8 Å². The number of nitrogens with one attached hydrogen (secondary N) is 1. The average molecular weight is 291 g/mol. The van der Waals surface area contributed by atoms with Crippen molar-refractivity contribution >= 4 is 10.1 Å². The van der Waals surface area contributed by atoms with Gasteiger partial charge in [0.1, 0.15) is 0 Å². The SMILES string of the molecule is C=C(C)CNC(CCCCCCCC)CS(=O)(=O)O. The zero-order chi connectivity index (χ0) is 14.7. The summed E-state index contributed by atoms with van der Waals surface area (Å²) in [6, 6.07) is -0.183. The molecule has 0 radical (unpaired) electrons. The van der Waals surface area contributed by atoms with E-state index >= 15 is 0 Å². The average Bonchev–Trinajstić information content (AvgIpc) is 2.28. The maximum absolute atomic E-state index is 11.0. The van der Waals surface area contributed by atoms with E-state index in [-0.39, 0.29) is 11.8 Å². The molecule has 0 saturated heterocycles. The second-order valence-electron chi connectivity index (χ2n) is 5.34. The second kappa shape index (κ2) is 10.4. The first-order chi connectivity index (χ1) is 8.85. The van der Waals surface area contributed by atoms with E-state index in [1.807, 2.05) is 6.92 Å². The van der Waals surface area contributed by atoms with Crippen LogP contribution in [-0.4, -0.2) is 31.3 Å². The summed E-state index contributed by atoms with van der Waals surface area (Å²) in [7, 11) is -3.91. The number of unbranched alkanes of at least 4 members (excludes halogenated alkanes) is 5. The van der Waals surface area contributed by atoms with Crippen LogP contribution in [0.2, 0.25) is 0 Å². The molecule has 0 aliphatic rings. The topological polar surface area (TPSA) is 66.4 Å². The minimum absolute atomic E-state index is 0.183. The van der Waals surface area contributed by atoms with Crippen LogP contribution in [0.1, 0.15) is 58.8 Å². The monoisotopic (exact) mass is 291 g/mol. The van der Waals surface area contributed by atoms with Gasteiger partial charge in [-0.1, -0.05) is 57.6 Å². The van der Waals surface area contributed by atoms with E-state index in [2.05, 4.69) is 18.8 Å². The summed E-state index contributed by atoms with van der Waals surface area (Å²) in [4.78, 5) is 0. The lowest BCUT2D eigenvalue weighted by molar-refractivity contribution is 0.449. The number of hydrogen-bond donors (Lipinski definition) is 2. The maximum Gasteiger partial charge on any atom is 0.266 e. The lowest BCUT2D eigenvalue weighted by Gasteiger charge is -2.17. The Bertz CT molecular complexity index is 339. The summed E-state index contributed by atoms with van der Waals surface area (Å²) >= 11 is 0. The molecule has 0 aromatic rings. The van der Waals surface area contributed by atoms with E-state index in [1.54, 1.807) is 0 Å². The molecule has 0 saturated carbocycles. The Kier molecular flexibility index (Phi) is 10.2. The van der Waals surface area contributed by atoms with Gasteiger partial charge in [0.25, 0.3) is 10.1 Å². The molecule has 0 heterocycles. The molecule has 0 bridgehead atoms. The maximum atomic E-state index is 11.0. The van der Waals surface area contributed by atoms with Crippen molar-refractivity contribution < 1.29 is 13.0 Å². The second-order valence-corrected chi connectivity index (χ2v) is 6.84. The van der Waals surface area contributed by atoms with Crippen LogP contribution in [0.3, 0.4) is 0 Å². The van der Waals surface area contributed by atoms with E-state index in [1.165, 1.54) is 25.7 Å². The van der Waals surface area contributed by atoms with Crippen LogP contribution in [0.5, 0.6) is 0 Å². The molecule has 1 unspecified atom stereocenters. The van der Waals surface area contributed by atoms with Gasteiger partial charge in [-0.05, 0) is 13.3 Å². The smallest absolute Gasteiger partial charge is 0.266 e. The molecule has 0 amide bonds. The summed E-state index contributed by atoms with van der Waals surface area (Å²) in [5.74, 6) is -0.213. The highest BCUT2D eigenvalue weighted by Gasteiger charge is 2.15. The molecule has 0 rings (SSSR count). The van der Waals surface area contributed by atoms with Crippen molar-refractivity contribution in [2.75, 3.05) is 12.3 Å². The van der Waals surface area contributed by atoms with Crippen LogP contribution in [0, 0.1) is 0 Å². The third kappa shape index (κ3) is 13.8. The highest BCUT2D eigenvalue weighted by atomic mass is 32.2. The molecule has 0 fully saturated rings. The molecule has 0 aromatic carbocycles. The molecule has 2 N–H and O–H groups in total. The Morgan fingerprint density at radius 2 is 1.79 bits per heavy atom. The first-order valence-corrected chi connectivity index (χ1v) is 8.79. The zero-order valence-electron chi connectivity index (χ0n) is 12.3. The van der Waals surface area contributed by atoms with Crippen LogP contribution in [0.25, 0.3) is 0 Å². The van der Waals surface area contributed by atoms with Gasteiger partial charge in [-0.25, -0.2) is 0 Å². The Balaban J connectivity index is 3.94. The fraction of sp³-hybridized carbons (Fsp3) is 0.857. The largest absolute Gasteiger partial charge is 0.309 e. The van der Waals surface area contributed by atoms with Gasteiger partial charge >= 0.3 is 0 Å². The first-order valence-electron chi connectivity index (χ1n) is 7.18. The molecule has 0 aromatic heterocycles. The molecule has 0 aliphatic heterocycles. The molecule has 4 nitrogen and oxygen atoms in total. The number of hydrogen-bond acceptors (Lipinski definition) is 3. The van der Waals surface area contributed by atoms with Crippen LogP contribution in [0.4, 0.5) is 0 Å². The van der Waals surface area contributed by atoms with Gasteiger partial charge in [-0.3, -0.25) is 4.55 Å². The summed E-state index contributed by atoms with van der Waals surface area (Å²) in [5.41, 5.74) is 0.961. The van der Waals surface area contributed by atoms with Crippen molar-refractivity contribution in [3.8, 4) is 0 Å². The summed E-state index contributed by atoms with van der Waals surface area (Å²) in [6.45, 7) is 8.45. The summed E-state index contributed by atoms with van der Waals surface area (Å²) in [6.07, 6.45) is 7.84. The third-order valence-electron chi connectivity index (χ3n) is 3.01. The van der Waals surface area contributed by atoms with Gasteiger partial charge in [-0.15, -0.1) is 0 Å². The highest BCUT2D eigenvalue weighted by molar-refractivity contribution is 7.85. The lowest BCUT2D eigenvalue weighted by atomic mass is 10.1. The molecule has 0 aliphatic carbocycles. The van der Waals surface area contributed by atoms with Crippen LogP contribution in [-0.2, 0) is 10.1 Å². The molecule has 1 atom stereocenters. The Morgan fingerprint density at radius 1 is 1.21 bits per heavy atom. The van der Waals surface area contributed by atoms with Crippen LogP contribution < -0.4 is 5.32 Å². The molecular formula is C14H29NO3S. The normalized spacial score (nSPS) is 13.4. The Hall–Kier alpha value is -0.390. The fourth-order valence-electron chi connectivity index (χ4n) is 1.99. The van der Waals surface area contributed by atoms with Gasteiger partial charge in [-0.2, -0.15) is 8.42 Å². The van der Waals surface area contributed by atoms with E-state index in [4.69, 9.17) is 4.55 Å². The molecule has 5 heteroatoms. The van der Waals surface area contributed by atoms with Crippen LogP contribution >= 0.6 is 0 Å². The standard InChI is InChI=1S/C14H29NO3S/c1-4-5-6-7-8-9-10-14(12-19(16,17)18)15-11-13(2)3/h14-15H,2,4-12H2,1,3H3,(H,16,17,18). The molecular weight excluding hydrogens is 262 g/mol. The van der Waals surface area contributed by atoms with Crippen molar-refractivity contribution in [1.29, 1.82) is 0 Å². The minimum Gasteiger partial charge on any atom is -0.309 e. The highest BCUT2D eigenvalue weighted by Crippen LogP contribution is 2.10. The summed E-state index contributed by atoms with van der Waals surface area (Å²) < 4.78 is 30.8. The quantitative estimate of drug-likeness (QED) is 0.329. The Labute approximate surface area is 118 Å². The molecule has 0 spiro atoms. The van der Waals surface area contributed by atoms with E-state index in [9.17, 15) is 8.42 Å². The first kappa shape index (κ1) is 18.6. The van der Waals surface area contributed by atoms with Crippen molar-refractivity contribution in [3.63, 3.8) is 0 Å². The minimum atomic E-state index is -3.91. The van der Waals surface area contributed by atoms with Gasteiger partial charge in [0.15, 0.2) is 0 Å². The van der Waals surface area contributed by atoms with Crippen molar-refractivity contribution in [3.05, 3.63) is 12.2 Å². The predicted octanol–water partition coefficient (Wildman–Crippen LogP) is 3.16. The van der Waals surface area contributed by atoms with E-state index in [0.29, 0.717) is 6.54 Å². The van der Waals surface area contributed by atoms with Crippen LogP contribution in [0.15, 0.2) is 12.2 Å². The Morgan fingerprint density at radius 3 is 2.32 bits per heavy atom. The van der Waals surface area contributed by atoms with Gasteiger partial charge in [0.2, 0.25) is 0 Å². The summed E-state index contributed by atoms with van der Waals surface area (Å²) in [5, 5.41) is 3.14. The zero-order valence-corrected chi connectivity index (χ0v) is 13.1. The van der Waals surface area contributed by atoms with Gasteiger partial charge in [0.05, 0.1) is 5.75 Å². The molecule has 114 valence electrons. The van der Waals surface area contributed by atoms with Crippen molar-refractivity contribution in [1.82, 2.24) is 5.32 Å². The number of rotatable bonds is 12. The molecule has 19 heavy (non-hydrogen) atoms. The third-order valence-corrected chi connectivity index (χ3v) is 3.83.